The molecule has 0 aliphatic rings. The number of rotatable bonds is 5. The van der Waals surface area contributed by atoms with Crippen LogP contribution in [-0.2, 0) is 0 Å². The van der Waals surface area contributed by atoms with E-state index < -0.39 is 10.8 Å². The van der Waals surface area contributed by atoms with E-state index in [9.17, 15) is 19.3 Å². The van der Waals surface area contributed by atoms with Crippen molar-refractivity contribution in [2.45, 2.75) is 0 Å². The van der Waals surface area contributed by atoms with E-state index in [-0.39, 0.29) is 21.5 Å². The average molecular weight is 517 g/mol. The van der Waals surface area contributed by atoms with Gasteiger partial charge in [0.25, 0.3) is 5.91 Å². The van der Waals surface area contributed by atoms with Crippen LogP contribution in [0.2, 0.25) is 0 Å². The number of nitrogens with one attached hydrogen (secondary N) is 1. The van der Waals surface area contributed by atoms with Gasteiger partial charge in [0.05, 0.1) is 27.1 Å². The van der Waals surface area contributed by atoms with Gasteiger partial charge in [-0.1, -0.05) is 11.3 Å². The second kappa shape index (κ2) is 8.59. The standard InChI is InChI=1S/C24H13FN6O3S2/c25-15-2-4-16(5-3-15)30-23-17(12-26-30)22(29-24(32)19-7-8-20(36-19)31(33)34)27-21(28-23)14-1-6-18-13(11-14)9-10-35-18/h1-12H,(H,27,28,29,32). The first-order chi connectivity index (χ1) is 17.5. The summed E-state index contributed by atoms with van der Waals surface area (Å²) in [5.41, 5.74) is 1.72. The summed E-state index contributed by atoms with van der Waals surface area (Å²) in [4.78, 5) is 32.9. The third-order valence-corrected chi connectivity index (χ3v) is 7.37. The van der Waals surface area contributed by atoms with E-state index in [0.717, 1.165) is 27.0 Å². The predicted molar refractivity (Wildman–Crippen MR) is 136 cm³/mol. The van der Waals surface area contributed by atoms with Crippen LogP contribution in [0.1, 0.15) is 9.67 Å². The molecular weight excluding hydrogens is 503 g/mol. The lowest BCUT2D eigenvalue weighted by atomic mass is 10.1. The van der Waals surface area contributed by atoms with Crippen LogP contribution in [0.25, 0.3) is 38.2 Å². The summed E-state index contributed by atoms with van der Waals surface area (Å²) in [6.45, 7) is 0. The fourth-order valence-electron chi connectivity index (χ4n) is 3.73. The van der Waals surface area contributed by atoms with E-state index in [1.807, 2.05) is 29.6 Å². The minimum atomic E-state index is -0.546. The number of hydrogen-bond donors (Lipinski definition) is 1. The van der Waals surface area contributed by atoms with Gasteiger partial charge in [0.1, 0.15) is 11.6 Å². The highest BCUT2D eigenvalue weighted by Crippen LogP contribution is 2.31. The number of nitrogens with zero attached hydrogens (tertiary/aromatic N) is 5. The molecule has 4 heterocycles. The van der Waals surface area contributed by atoms with Gasteiger partial charge in [-0.15, -0.1) is 11.3 Å². The van der Waals surface area contributed by atoms with Crippen LogP contribution >= 0.6 is 22.7 Å². The Kier molecular flexibility index (Phi) is 5.24. The van der Waals surface area contributed by atoms with E-state index in [2.05, 4.69) is 15.4 Å². The number of fused-ring (bicyclic) bond motifs is 2. The van der Waals surface area contributed by atoms with E-state index in [1.54, 1.807) is 23.5 Å². The van der Waals surface area contributed by atoms with Gasteiger partial charge in [-0.2, -0.15) is 5.10 Å². The molecule has 0 unspecified atom stereocenters. The first-order valence-corrected chi connectivity index (χ1v) is 12.2. The predicted octanol–water partition coefficient (Wildman–Crippen LogP) is 6.06. The summed E-state index contributed by atoms with van der Waals surface area (Å²) >= 11 is 2.39. The highest BCUT2D eigenvalue weighted by atomic mass is 32.1. The molecule has 0 radical (unpaired) electrons. The molecule has 0 saturated heterocycles. The Labute approximate surface area is 209 Å². The Hall–Kier alpha value is -4.55. The van der Waals surface area contributed by atoms with Gasteiger partial charge < -0.3 is 5.32 Å². The number of aromatic nitrogens is 4. The van der Waals surface area contributed by atoms with Gasteiger partial charge in [-0.3, -0.25) is 14.9 Å². The Morgan fingerprint density at radius 3 is 2.67 bits per heavy atom. The number of halogens is 1. The molecule has 0 aliphatic heterocycles. The molecule has 12 heteroatoms. The summed E-state index contributed by atoms with van der Waals surface area (Å²) < 4.78 is 16.2. The van der Waals surface area contributed by atoms with E-state index in [0.29, 0.717) is 22.5 Å². The number of carbonyl (C=O) groups is 1. The highest BCUT2D eigenvalue weighted by Gasteiger charge is 2.20. The van der Waals surface area contributed by atoms with Crippen LogP contribution < -0.4 is 5.32 Å². The molecule has 176 valence electrons. The van der Waals surface area contributed by atoms with Crippen molar-refractivity contribution in [2.75, 3.05) is 5.32 Å². The monoisotopic (exact) mass is 516 g/mol. The van der Waals surface area contributed by atoms with Crippen LogP contribution in [0.15, 0.2) is 72.2 Å². The van der Waals surface area contributed by atoms with Crippen LogP contribution in [0.3, 0.4) is 0 Å². The first kappa shape index (κ1) is 21.9. The molecule has 9 nitrogen and oxygen atoms in total. The molecule has 0 atom stereocenters. The quantitative estimate of drug-likeness (QED) is 0.220. The van der Waals surface area contributed by atoms with E-state index in [4.69, 9.17) is 4.98 Å². The maximum absolute atomic E-state index is 13.5. The van der Waals surface area contributed by atoms with Crippen molar-refractivity contribution >= 4 is 60.5 Å². The van der Waals surface area contributed by atoms with Gasteiger partial charge in [0.2, 0.25) is 0 Å². The highest BCUT2D eigenvalue weighted by molar-refractivity contribution is 7.17. The lowest BCUT2D eigenvalue weighted by Gasteiger charge is -2.09. The molecule has 4 aromatic heterocycles. The molecule has 0 saturated carbocycles. The maximum atomic E-state index is 13.5. The number of anilines is 1. The summed E-state index contributed by atoms with van der Waals surface area (Å²) in [7, 11) is 0. The second-order valence-electron chi connectivity index (χ2n) is 7.69. The third kappa shape index (κ3) is 3.87. The molecule has 0 bridgehead atoms. The minimum Gasteiger partial charge on any atom is -0.305 e. The number of amides is 1. The smallest absolute Gasteiger partial charge is 0.305 e. The topological polar surface area (TPSA) is 116 Å². The number of nitro groups is 1. The Balaban J connectivity index is 1.49. The van der Waals surface area contributed by atoms with Crippen molar-refractivity contribution in [3.63, 3.8) is 0 Å². The molecule has 0 spiro atoms. The molecule has 0 aliphatic carbocycles. The molecule has 6 rings (SSSR count). The number of hydrogen-bond acceptors (Lipinski definition) is 8. The van der Waals surface area contributed by atoms with Crippen LogP contribution in [0, 0.1) is 15.9 Å². The Bertz CT molecular complexity index is 1790. The summed E-state index contributed by atoms with van der Waals surface area (Å²) in [5.74, 6) is -0.365. The largest absolute Gasteiger partial charge is 0.324 e. The van der Waals surface area contributed by atoms with Gasteiger partial charge in [-0.25, -0.2) is 19.0 Å². The van der Waals surface area contributed by atoms with Crippen LogP contribution in [0.5, 0.6) is 0 Å². The van der Waals surface area contributed by atoms with Crippen molar-refractivity contribution in [1.29, 1.82) is 0 Å². The van der Waals surface area contributed by atoms with Crippen molar-refractivity contribution in [1.82, 2.24) is 19.7 Å². The minimum absolute atomic E-state index is 0.137. The SMILES string of the molecule is O=C(Nc1nc(-c2ccc3sccc3c2)nc2c1cnn2-c1ccc(F)cc1)c1ccc([N+](=O)[O-])s1. The van der Waals surface area contributed by atoms with Crippen molar-refractivity contribution in [3.8, 4) is 17.1 Å². The lowest BCUT2D eigenvalue weighted by Crippen LogP contribution is -2.12. The zero-order valence-electron chi connectivity index (χ0n) is 18.1. The van der Waals surface area contributed by atoms with E-state index >= 15 is 0 Å². The average Bonchev–Trinajstić information content (AvgIpc) is 3.63. The van der Waals surface area contributed by atoms with E-state index in [1.165, 1.54) is 35.1 Å². The summed E-state index contributed by atoms with van der Waals surface area (Å²) in [6.07, 6.45) is 1.51. The fraction of sp³-hybridized carbons (Fsp3) is 0. The molecule has 6 aromatic rings. The second-order valence-corrected chi connectivity index (χ2v) is 9.70. The number of benzene rings is 2. The van der Waals surface area contributed by atoms with Gasteiger partial charge >= 0.3 is 5.00 Å². The van der Waals surface area contributed by atoms with Gasteiger partial charge in [-0.05, 0) is 65.4 Å². The normalized spacial score (nSPS) is 11.2. The molecule has 36 heavy (non-hydrogen) atoms. The Morgan fingerprint density at radius 2 is 1.89 bits per heavy atom. The van der Waals surface area contributed by atoms with Gasteiger partial charge in [0.15, 0.2) is 11.5 Å². The zero-order valence-corrected chi connectivity index (χ0v) is 19.7. The molecule has 0 fully saturated rings. The van der Waals surface area contributed by atoms with Gasteiger partial charge in [0, 0.05) is 16.3 Å². The molecular formula is C24H13FN6O3S2. The summed E-state index contributed by atoms with van der Waals surface area (Å²) in [6, 6.07) is 16.3. The maximum Gasteiger partial charge on any atom is 0.324 e. The van der Waals surface area contributed by atoms with Crippen molar-refractivity contribution < 1.29 is 14.1 Å². The van der Waals surface area contributed by atoms with Crippen LogP contribution in [-0.4, -0.2) is 30.6 Å². The molecule has 1 N–H and O–H groups in total. The van der Waals surface area contributed by atoms with Crippen molar-refractivity contribution in [3.05, 3.63) is 93.0 Å². The number of carbonyl (C=O) groups excluding carboxylic acids is 1. The molecule has 1 amide bonds. The Morgan fingerprint density at radius 1 is 1.06 bits per heavy atom. The fourth-order valence-corrected chi connectivity index (χ4v) is 5.21. The summed E-state index contributed by atoms with van der Waals surface area (Å²) in [5, 5.41) is 21.5. The van der Waals surface area contributed by atoms with Crippen molar-refractivity contribution in [2.24, 2.45) is 0 Å². The third-order valence-electron chi connectivity index (χ3n) is 5.44. The zero-order chi connectivity index (χ0) is 24.8. The van der Waals surface area contributed by atoms with Crippen LogP contribution in [0.4, 0.5) is 15.2 Å². The first-order valence-electron chi connectivity index (χ1n) is 10.5. The lowest BCUT2D eigenvalue weighted by molar-refractivity contribution is -0.380. The molecule has 2 aromatic carbocycles. The number of thiophene rings is 2.